The summed E-state index contributed by atoms with van der Waals surface area (Å²) in [5.74, 6) is 7.16. The summed E-state index contributed by atoms with van der Waals surface area (Å²) in [5, 5.41) is 11.0. The van der Waals surface area contributed by atoms with Crippen LogP contribution in [0.15, 0.2) is 47.6 Å². The molecule has 3 aromatic rings. The van der Waals surface area contributed by atoms with Gasteiger partial charge in [-0.2, -0.15) is 8.78 Å². The molecule has 1 aromatic heterocycles. The SMILES string of the molecule is COc1cc(NC(=O)CSc2nnc(-c3ccc(OC(F)F)cc3)n2N)cc(OC)c1. The molecule has 0 spiro atoms. The molecule has 0 aliphatic carbocycles. The second kappa shape index (κ2) is 9.98. The van der Waals surface area contributed by atoms with Gasteiger partial charge in [0.05, 0.1) is 20.0 Å². The maximum atomic E-state index is 12.3. The van der Waals surface area contributed by atoms with Crippen LogP contribution >= 0.6 is 11.8 Å². The summed E-state index contributed by atoms with van der Waals surface area (Å²) >= 11 is 1.09. The standard InChI is InChI=1S/C19H19F2N5O4S/c1-28-14-7-12(8-15(9-14)29-2)23-16(27)10-31-19-25-24-17(26(19)22)11-3-5-13(6-4-11)30-18(20)21/h3-9,18H,10,22H2,1-2H3,(H,23,27). The van der Waals surface area contributed by atoms with E-state index < -0.39 is 6.61 Å². The number of alkyl halides is 2. The Hall–Kier alpha value is -3.54. The molecule has 0 saturated heterocycles. The number of nitrogen functional groups attached to an aromatic ring is 1. The first-order valence-electron chi connectivity index (χ1n) is 8.81. The number of thioether (sulfide) groups is 1. The van der Waals surface area contributed by atoms with Crippen molar-refractivity contribution >= 4 is 23.4 Å². The van der Waals surface area contributed by atoms with Gasteiger partial charge in [-0.1, -0.05) is 11.8 Å². The molecule has 0 bridgehead atoms. The second-order valence-electron chi connectivity index (χ2n) is 6.02. The number of ether oxygens (including phenoxy) is 3. The van der Waals surface area contributed by atoms with Gasteiger partial charge < -0.3 is 25.4 Å². The zero-order valence-corrected chi connectivity index (χ0v) is 17.4. The minimum absolute atomic E-state index is 0.0160. The summed E-state index contributed by atoms with van der Waals surface area (Å²) in [6.45, 7) is -2.91. The van der Waals surface area contributed by atoms with E-state index in [2.05, 4.69) is 20.3 Å². The van der Waals surface area contributed by atoms with Crippen molar-refractivity contribution in [3.05, 3.63) is 42.5 Å². The van der Waals surface area contributed by atoms with Crippen LogP contribution in [0, 0.1) is 0 Å². The number of anilines is 1. The summed E-state index contributed by atoms with van der Waals surface area (Å²) in [6.07, 6.45) is 0. The minimum atomic E-state index is -2.91. The molecule has 9 nitrogen and oxygen atoms in total. The fourth-order valence-corrected chi connectivity index (χ4v) is 3.22. The predicted molar refractivity (Wildman–Crippen MR) is 111 cm³/mol. The Kier molecular flexibility index (Phi) is 7.13. The molecule has 0 fully saturated rings. The summed E-state index contributed by atoms with van der Waals surface area (Å²) in [6, 6.07) is 10.8. The number of aromatic nitrogens is 3. The third-order valence-corrected chi connectivity index (χ3v) is 4.91. The van der Waals surface area contributed by atoms with E-state index in [9.17, 15) is 13.6 Å². The van der Waals surface area contributed by atoms with Crippen molar-refractivity contribution < 1.29 is 27.8 Å². The number of nitrogens with one attached hydrogen (secondary N) is 1. The molecule has 12 heteroatoms. The third-order valence-electron chi connectivity index (χ3n) is 3.97. The molecule has 1 heterocycles. The molecule has 0 unspecified atom stereocenters. The molecule has 0 aliphatic rings. The molecule has 164 valence electrons. The number of carbonyl (C=O) groups is 1. The highest BCUT2D eigenvalue weighted by Gasteiger charge is 2.15. The highest BCUT2D eigenvalue weighted by molar-refractivity contribution is 7.99. The number of nitrogens with two attached hydrogens (primary N) is 1. The van der Waals surface area contributed by atoms with E-state index in [1.807, 2.05) is 0 Å². The normalized spacial score (nSPS) is 10.7. The topological polar surface area (TPSA) is 114 Å². The van der Waals surface area contributed by atoms with Crippen molar-refractivity contribution in [2.24, 2.45) is 0 Å². The number of methoxy groups -OCH3 is 2. The fraction of sp³-hybridized carbons (Fsp3) is 0.211. The van der Waals surface area contributed by atoms with E-state index in [0.29, 0.717) is 33.7 Å². The van der Waals surface area contributed by atoms with Gasteiger partial charge in [0, 0.05) is 29.4 Å². The van der Waals surface area contributed by atoms with Crippen molar-refractivity contribution in [1.29, 1.82) is 0 Å². The van der Waals surface area contributed by atoms with Crippen LogP contribution in [0.2, 0.25) is 0 Å². The zero-order valence-electron chi connectivity index (χ0n) is 16.5. The smallest absolute Gasteiger partial charge is 0.387 e. The lowest BCUT2D eigenvalue weighted by Crippen LogP contribution is -2.16. The average Bonchev–Trinajstić information content (AvgIpc) is 3.12. The van der Waals surface area contributed by atoms with Crippen LogP contribution in [0.25, 0.3) is 11.4 Å². The van der Waals surface area contributed by atoms with E-state index >= 15 is 0 Å². The van der Waals surface area contributed by atoms with Crippen molar-refractivity contribution in [3.63, 3.8) is 0 Å². The van der Waals surface area contributed by atoms with E-state index in [1.165, 1.54) is 43.2 Å². The zero-order chi connectivity index (χ0) is 22.4. The largest absolute Gasteiger partial charge is 0.497 e. The Labute approximate surface area is 180 Å². The molecule has 31 heavy (non-hydrogen) atoms. The second-order valence-corrected chi connectivity index (χ2v) is 6.96. The van der Waals surface area contributed by atoms with Crippen LogP contribution in [0.4, 0.5) is 14.5 Å². The molecule has 0 radical (unpaired) electrons. The number of hydrogen-bond acceptors (Lipinski definition) is 8. The number of nitrogens with zero attached hydrogens (tertiary/aromatic N) is 3. The monoisotopic (exact) mass is 451 g/mol. The number of hydrogen-bond donors (Lipinski definition) is 2. The van der Waals surface area contributed by atoms with E-state index in [-0.39, 0.29) is 17.4 Å². The lowest BCUT2D eigenvalue weighted by Gasteiger charge is -2.10. The molecule has 3 rings (SSSR count). The first-order chi connectivity index (χ1) is 14.9. The van der Waals surface area contributed by atoms with Gasteiger partial charge in [0.2, 0.25) is 11.1 Å². The van der Waals surface area contributed by atoms with Crippen LogP contribution in [-0.2, 0) is 4.79 Å². The molecule has 1 amide bonds. The Morgan fingerprint density at radius 2 is 1.74 bits per heavy atom. The number of benzene rings is 2. The van der Waals surface area contributed by atoms with Crippen LogP contribution in [0.3, 0.4) is 0 Å². The molecular formula is C19H19F2N5O4S. The number of halogens is 2. The fourth-order valence-electron chi connectivity index (χ4n) is 2.56. The summed E-state index contributed by atoms with van der Waals surface area (Å²) in [7, 11) is 3.03. The van der Waals surface area contributed by atoms with E-state index in [4.69, 9.17) is 15.3 Å². The van der Waals surface area contributed by atoms with Crippen molar-refractivity contribution in [3.8, 4) is 28.6 Å². The highest BCUT2D eigenvalue weighted by Crippen LogP contribution is 2.27. The van der Waals surface area contributed by atoms with Gasteiger partial charge in [-0.3, -0.25) is 4.79 Å². The van der Waals surface area contributed by atoms with Gasteiger partial charge in [0.1, 0.15) is 17.2 Å². The summed E-state index contributed by atoms with van der Waals surface area (Å²) in [4.78, 5) is 12.3. The number of rotatable bonds is 9. The van der Waals surface area contributed by atoms with Crippen LogP contribution < -0.4 is 25.4 Å². The average molecular weight is 451 g/mol. The number of amides is 1. The maximum Gasteiger partial charge on any atom is 0.387 e. The van der Waals surface area contributed by atoms with Gasteiger partial charge in [-0.25, -0.2) is 4.68 Å². The first kappa shape index (κ1) is 22.2. The lowest BCUT2D eigenvalue weighted by molar-refractivity contribution is -0.113. The Balaban J connectivity index is 1.63. The molecule has 0 saturated carbocycles. The van der Waals surface area contributed by atoms with Gasteiger partial charge >= 0.3 is 6.61 Å². The maximum absolute atomic E-state index is 12.3. The first-order valence-corrected chi connectivity index (χ1v) is 9.79. The molecule has 0 atom stereocenters. The molecule has 0 aliphatic heterocycles. The quantitative estimate of drug-likeness (QED) is 0.377. The Morgan fingerprint density at radius 1 is 1.10 bits per heavy atom. The Morgan fingerprint density at radius 3 is 2.32 bits per heavy atom. The summed E-state index contributed by atoms with van der Waals surface area (Å²) in [5.41, 5.74) is 1.07. The van der Waals surface area contributed by atoms with E-state index in [1.54, 1.807) is 18.2 Å². The number of carbonyl (C=O) groups excluding carboxylic acids is 1. The van der Waals surface area contributed by atoms with E-state index in [0.717, 1.165) is 11.8 Å². The van der Waals surface area contributed by atoms with Gasteiger partial charge in [0.15, 0.2) is 5.82 Å². The van der Waals surface area contributed by atoms with Crippen LogP contribution in [0.5, 0.6) is 17.2 Å². The summed E-state index contributed by atoms with van der Waals surface area (Å²) < 4.78 is 40.4. The van der Waals surface area contributed by atoms with Gasteiger partial charge in [-0.15, -0.1) is 10.2 Å². The predicted octanol–water partition coefficient (Wildman–Crippen LogP) is 3.01. The molecule has 2 aromatic carbocycles. The van der Waals surface area contributed by atoms with Gasteiger partial charge in [0.25, 0.3) is 0 Å². The lowest BCUT2D eigenvalue weighted by atomic mass is 10.2. The molecule has 3 N–H and O–H groups in total. The van der Waals surface area contributed by atoms with Crippen LogP contribution in [-0.4, -0.2) is 47.4 Å². The Bertz CT molecular complexity index is 1020. The van der Waals surface area contributed by atoms with Crippen molar-refractivity contribution in [1.82, 2.24) is 14.9 Å². The van der Waals surface area contributed by atoms with Crippen molar-refractivity contribution in [2.75, 3.05) is 31.1 Å². The molecular weight excluding hydrogens is 432 g/mol. The third kappa shape index (κ3) is 5.75. The van der Waals surface area contributed by atoms with Crippen molar-refractivity contribution in [2.45, 2.75) is 11.8 Å². The van der Waals surface area contributed by atoms with Gasteiger partial charge in [-0.05, 0) is 24.3 Å². The van der Waals surface area contributed by atoms with Crippen LogP contribution in [0.1, 0.15) is 0 Å². The highest BCUT2D eigenvalue weighted by atomic mass is 32.2. The minimum Gasteiger partial charge on any atom is -0.497 e.